The molecule has 3 rings (SSSR count). The molecule has 0 bridgehead atoms. The van der Waals surface area contributed by atoms with Gasteiger partial charge in [-0.1, -0.05) is 12.1 Å². The Labute approximate surface area is 126 Å². The first-order valence-corrected chi connectivity index (χ1v) is 6.92. The van der Waals surface area contributed by atoms with E-state index in [1.807, 2.05) is 0 Å². The normalized spacial score (nSPS) is 18.8. The number of carbonyl (C=O) groups excluding carboxylic acids is 1. The fourth-order valence-electron chi connectivity index (χ4n) is 2.33. The molecule has 2 heterocycles. The largest absolute Gasteiger partial charge is 0.452 e. The summed E-state index contributed by atoms with van der Waals surface area (Å²) in [4.78, 5) is 14.0. The van der Waals surface area contributed by atoms with E-state index in [0.717, 1.165) is 5.56 Å². The molecule has 21 heavy (non-hydrogen) atoms. The monoisotopic (exact) mass is 309 g/mol. The number of benzene rings is 1. The summed E-state index contributed by atoms with van der Waals surface area (Å²) >= 11 is 5.84. The van der Waals surface area contributed by atoms with Crippen LogP contribution in [0.5, 0.6) is 0 Å². The average molecular weight is 310 g/mol. The maximum Gasteiger partial charge on any atom is 0.258 e. The number of amides is 1. The van der Waals surface area contributed by atoms with Crippen LogP contribution in [0.3, 0.4) is 0 Å². The maximum absolute atomic E-state index is 13.0. The van der Waals surface area contributed by atoms with Gasteiger partial charge >= 0.3 is 0 Å². The SMILES string of the molecule is O=C(c1ccoc1Cl)N1CCOC(c2ccc(F)cc2)C1. The molecule has 1 aromatic heterocycles. The highest BCUT2D eigenvalue weighted by Gasteiger charge is 2.28. The summed E-state index contributed by atoms with van der Waals surface area (Å²) in [6, 6.07) is 7.64. The second kappa shape index (κ2) is 5.87. The van der Waals surface area contributed by atoms with Crippen molar-refractivity contribution in [1.82, 2.24) is 4.90 Å². The van der Waals surface area contributed by atoms with Crippen LogP contribution < -0.4 is 0 Å². The molecule has 1 aliphatic rings. The molecule has 4 nitrogen and oxygen atoms in total. The Balaban J connectivity index is 1.75. The van der Waals surface area contributed by atoms with Crippen molar-refractivity contribution in [2.75, 3.05) is 19.7 Å². The number of morpholine rings is 1. The van der Waals surface area contributed by atoms with Crippen LogP contribution in [0.2, 0.25) is 5.22 Å². The Morgan fingerprint density at radius 2 is 2.05 bits per heavy atom. The second-order valence-corrected chi connectivity index (χ2v) is 5.11. The first-order chi connectivity index (χ1) is 10.1. The van der Waals surface area contributed by atoms with E-state index in [2.05, 4.69) is 0 Å². The fourth-order valence-corrected chi connectivity index (χ4v) is 2.52. The number of hydrogen-bond donors (Lipinski definition) is 0. The van der Waals surface area contributed by atoms with Gasteiger partial charge in [-0.15, -0.1) is 0 Å². The number of rotatable bonds is 2. The number of halogens is 2. The van der Waals surface area contributed by atoms with Crippen LogP contribution in [0.25, 0.3) is 0 Å². The minimum Gasteiger partial charge on any atom is -0.452 e. The number of hydrogen-bond acceptors (Lipinski definition) is 3. The van der Waals surface area contributed by atoms with Crippen molar-refractivity contribution in [1.29, 1.82) is 0 Å². The average Bonchev–Trinajstić information content (AvgIpc) is 2.93. The van der Waals surface area contributed by atoms with Gasteiger partial charge in [-0.25, -0.2) is 4.39 Å². The zero-order chi connectivity index (χ0) is 14.8. The van der Waals surface area contributed by atoms with E-state index in [0.29, 0.717) is 25.3 Å². The molecular weight excluding hydrogens is 297 g/mol. The molecule has 0 spiro atoms. The van der Waals surface area contributed by atoms with E-state index < -0.39 is 0 Å². The van der Waals surface area contributed by atoms with Gasteiger partial charge in [0, 0.05) is 6.54 Å². The van der Waals surface area contributed by atoms with Gasteiger partial charge in [0.2, 0.25) is 5.22 Å². The quantitative estimate of drug-likeness (QED) is 0.855. The van der Waals surface area contributed by atoms with E-state index in [9.17, 15) is 9.18 Å². The van der Waals surface area contributed by atoms with Crippen molar-refractivity contribution < 1.29 is 18.3 Å². The lowest BCUT2D eigenvalue weighted by Gasteiger charge is -2.33. The van der Waals surface area contributed by atoms with Crippen LogP contribution in [-0.2, 0) is 4.74 Å². The molecule has 1 aliphatic heterocycles. The van der Waals surface area contributed by atoms with Gasteiger partial charge < -0.3 is 14.1 Å². The topological polar surface area (TPSA) is 42.7 Å². The third-order valence-electron chi connectivity index (χ3n) is 3.44. The summed E-state index contributed by atoms with van der Waals surface area (Å²) < 4.78 is 23.6. The second-order valence-electron chi connectivity index (χ2n) is 4.77. The lowest BCUT2D eigenvalue weighted by Crippen LogP contribution is -2.42. The molecule has 0 saturated carbocycles. The Morgan fingerprint density at radius 1 is 1.29 bits per heavy atom. The van der Waals surface area contributed by atoms with Crippen LogP contribution in [0, 0.1) is 5.82 Å². The predicted octanol–water partition coefficient (Wildman–Crippen LogP) is 3.29. The van der Waals surface area contributed by atoms with E-state index in [-0.39, 0.29) is 23.0 Å². The van der Waals surface area contributed by atoms with Gasteiger partial charge in [0.25, 0.3) is 5.91 Å². The molecule has 0 aliphatic carbocycles. The van der Waals surface area contributed by atoms with Gasteiger partial charge in [-0.2, -0.15) is 0 Å². The fraction of sp³-hybridized carbons (Fsp3) is 0.267. The molecule has 1 fully saturated rings. The molecule has 1 aromatic carbocycles. The van der Waals surface area contributed by atoms with Gasteiger partial charge in [0.15, 0.2) is 0 Å². The van der Waals surface area contributed by atoms with Crippen LogP contribution >= 0.6 is 11.6 Å². The smallest absolute Gasteiger partial charge is 0.258 e. The summed E-state index contributed by atoms with van der Waals surface area (Å²) in [6.07, 6.45) is 1.11. The number of nitrogens with zero attached hydrogens (tertiary/aromatic N) is 1. The lowest BCUT2D eigenvalue weighted by atomic mass is 10.1. The van der Waals surface area contributed by atoms with Crippen LogP contribution in [0.4, 0.5) is 4.39 Å². The molecule has 2 aromatic rings. The first kappa shape index (κ1) is 14.1. The van der Waals surface area contributed by atoms with Gasteiger partial charge in [0.1, 0.15) is 11.9 Å². The van der Waals surface area contributed by atoms with E-state index in [1.165, 1.54) is 18.4 Å². The highest BCUT2D eigenvalue weighted by Crippen LogP contribution is 2.25. The van der Waals surface area contributed by atoms with Crippen LogP contribution in [0.15, 0.2) is 41.0 Å². The summed E-state index contributed by atoms with van der Waals surface area (Å²) in [7, 11) is 0. The van der Waals surface area contributed by atoms with Gasteiger partial charge in [-0.3, -0.25) is 4.79 Å². The zero-order valence-corrected chi connectivity index (χ0v) is 11.8. The van der Waals surface area contributed by atoms with Crippen molar-refractivity contribution in [2.45, 2.75) is 6.10 Å². The minimum atomic E-state index is -0.298. The summed E-state index contributed by atoms with van der Waals surface area (Å²) in [6.45, 7) is 1.30. The summed E-state index contributed by atoms with van der Waals surface area (Å²) in [5.41, 5.74) is 1.18. The summed E-state index contributed by atoms with van der Waals surface area (Å²) in [5, 5.41) is 0.0878. The molecule has 1 unspecified atom stereocenters. The van der Waals surface area contributed by atoms with Crippen molar-refractivity contribution in [3.63, 3.8) is 0 Å². The number of ether oxygens (including phenoxy) is 1. The Kier molecular flexibility index (Phi) is 3.94. The van der Waals surface area contributed by atoms with Gasteiger partial charge in [-0.05, 0) is 35.4 Å². The highest BCUT2D eigenvalue weighted by atomic mass is 35.5. The van der Waals surface area contributed by atoms with Crippen LogP contribution in [-0.4, -0.2) is 30.5 Å². The molecule has 1 amide bonds. The Bertz CT molecular complexity index is 641. The molecular formula is C15H13ClFNO3. The van der Waals surface area contributed by atoms with E-state index >= 15 is 0 Å². The highest BCUT2D eigenvalue weighted by molar-refractivity contribution is 6.32. The van der Waals surface area contributed by atoms with E-state index in [4.69, 9.17) is 20.8 Å². The molecule has 6 heteroatoms. The number of carbonyl (C=O) groups is 1. The van der Waals surface area contributed by atoms with Crippen molar-refractivity contribution in [2.24, 2.45) is 0 Å². The number of furan rings is 1. The maximum atomic E-state index is 13.0. The molecule has 1 atom stereocenters. The standard InChI is InChI=1S/C15H13ClFNO3/c16-14-12(5-7-21-14)15(19)18-6-8-20-13(9-18)10-1-3-11(17)4-2-10/h1-5,7,13H,6,8-9H2. The van der Waals surface area contributed by atoms with Crippen LogP contribution in [0.1, 0.15) is 22.0 Å². The predicted molar refractivity (Wildman–Crippen MR) is 74.7 cm³/mol. The van der Waals surface area contributed by atoms with E-state index in [1.54, 1.807) is 23.1 Å². The third-order valence-corrected chi connectivity index (χ3v) is 3.74. The first-order valence-electron chi connectivity index (χ1n) is 6.54. The van der Waals surface area contributed by atoms with Crippen molar-refractivity contribution in [3.05, 3.63) is 58.8 Å². The zero-order valence-electron chi connectivity index (χ0n) is 11.1. The molecule has 0 N–H and O–H groups in total. The third kappa shape index (κ3) is 2.94. The van der Waals surface area contributed by atoms with Crippen molar-refractivity contribution >= 4 is 17.5 Å². The molecule has 1 saturated heterocycles. The minimum absolute atomic E-state index is 0.0878. The molecule has 110 valence electrons. The Hall–Kier alpha value is -1.85. The summed E-state index contributed by atoms with van der Waals surface area (Å²) in [5.74, 6) is -0.489. The van der Waals surface area contributed by atoms with Gasteiger partial charge in [0.05, 0.1) is 25.0 Å². The molecule has 0 radical (unpaired) electrons. The van der Waals surface area contributed by atoms with Crippen molar-refractivity contribution in [3.8, 4) is 0 Å². The Morgan fingerprint density at radius 3 is 2.71 bits per heavy atom. The lowest BCUT2D eigenvalue weighted by molar-refractivity contribution is -0.0228.